The molecule has 0 unspecified atom stereocenters. The summed E-state index contributed by atoms with van der Waals surface area (Å²) in [6.45, 7) is 0. The average molecular weight is 216 g/mol. The van der Waals surface area contributed by atoms with E-state index in [9.17, 15) is 0 Å². The molecule has 0 atom stereocenters. The van der Waals surface area contributed by atoms with Crippen molar-refractivity contribution in [2.45, 2.75) is 0 Å². The molecular formula is C12H12N2O2. The second kappa shape index (κ2) is 4.65. The third kappa shape index (κ3) is 2.13. The summed E-state index contributed by atoms with van der Waals surface area (Å²) in [5.41, 5.74) is 7.55. The summed E-state index contributed by atoms with van der Waals surface area (Å²) in [6.07, 6.45) is 0. The molecule has 82 valence electrons. The molecule has 0 aliphatic rings. The van der Waals surface area contributed by atoms with Crippen LogP contribution in [0.3, 0.4) is 0 Å². The largest absolute Gasteiger partial charge is 0.291 e. The Balaban J connectivity index is 2.28. The fourth-order valence-corrected chi connectivity index (χ4v) is 1.47. The zero-order valence-corrected chi connectivity index (χ0v) is 8.51. The van der Waals surface area contributed by atoms with Crippen LogP contribution < -0.4 is 11.0 Å². The Bertz CT molecular complexity index is 406. The van der Waals surface area contributed by atoms with Crippen LogP contribution in [0.2, 0.25) is 0 Å². The minimum atomic E-state index is 0.650. The van der Waals surface area contributed by atoms with Crippen molar-refractivity contribution in [1.82, 2.24) is 0 Å². The van der Waals surface area contributed by atoms with E-state index >= 15 is 0 Å². The van der Waals surface area contributed by atoms with Gasteiger partial charge in [-0.3, -0.25) is 21.4 Å². The Morgan fingerprint density at radius 1 is 0.562 bits per heavy atom. The van der Waals surface area contributed by atoms with Gasteiger partial charge in [-0.1, -0.05) is 24.3 Å². The fraction of sp³-hybridized carbons (Fsp3) is 0. The highest BCUT2D eigenvalue weighted by molar-refractivity contribution is 5.67. The highest BCUT2D eigenvalue weighted by Gasteiger charge is 1.97. The molecule has 0 aliphatic carbocycles. The lowest BCUT2D eigenvalue weighted by molar-refractivity contribution is 0.388. The molecule has 0 heterocycles. The van der Waals surface area contributed by atoms with Gasteiger partial charge in [0, 0.05) is 0 Å². The van der Waals surface area contributed by atoms with Crippen LogP contribution in [-0.4, -0.2) is 10.4 Å². The minimum absolute atomic E-state index is 0.650. The van der Waals surface area contributed by atoms with Gasteiger partial charge in [0.25, 0.3) is 0 Å². The first-order valence-corrected chi connectivity index (χ1v) is 4.84. The second-order valence-electron chi connectivity index (χ2n) is 3.38. The molecule has 2 rings (SSSR count). The van der Waals surface area contributed by atoms with Gasteiger partial charge in [0.2, 0.25) is 0 Å². The van der Waals surface area contributed by atoms with Gasteiger partial charge in [-0.15, -0.1) is 0 Å². The van der Waals surface area contributed by atoms with E-state index in [1.807, 2.05) is 24.3 Å². The highest BCUT2D eigenvalue weighted by Crippen LogP contribution is 2.22. The maximum absolute atomic E-state index is 8.68. The molecule has 0 amide bonds. The van der Waals surface area contributed by atoms with Crippen molar-refractivity contribution in [3.05, 3.63) is 48.5 Å². The molecule has 0 aliphatic heterocycles. The van der Waals surface area contributed by atoms with Gasteiger partial charge >= 0.3 is 0 Å². The van der Waals surface area contributed by atoms with Crippen LogP contribution in [0.1, 0.15) is 0 Å². The topological polar surface area (TPSA) is 64.5 Å². The van der Waals surface area contributed by atoms with E-state index in [0.717, 1.165) is 11.1 Å². The van der Waals surface area contributed by atoms with E-state index in [4.69, 9.17) is 10.4 Å². The molecular weight excluding hydrogens is 204 g/mol. The van der Waals surface area contributed by atoms with Gasteiger partial charge in [0.15, 0.2) is 0 Å². The van der Waals surface area contributed by atoms with Crippen molar-refractivity contribution in [3.63, 3.8) is 0 Å². The van der Waals surface area contributed by atoms with Crippen LogP contribution >= 0.6 is 0 Å². The number of nitrogens with one attached hydrogen (secondary N) is 2. The van der Waals surface area contributed by atoms with E-state index in [0.29, 0.717) is 11.4 Å². The van der Waals surface area contributed by atoms with Crippen molar-refractivity contribution < 1.29 is 10.4 Å². The molecule has 0 aromatic heterocycles. The predicted octanol–water partition coefficient (Wildman–Crippen LogP) is 2.96. The summed E-state index contributed by atoms with van der Waals surface area (Å²) in [5.74, 6) is 0. The molecule has 4 N–H and O–H groups in total. The maximum atomic E-state index is 8.68. The third-order valence-electron chi connectivity index (χ3n) is 2.36. The van der Waals surface area contributed by atoms with E-state index in [2.05, 4.69) is 11.0 Å². The molecule has 0 saturated carbocycles. The van der Waals surface area contributed by atoms with Crippen LogP contribution in [0.15, 0.2) is 48.5 Å². The quantitative estimate of drug-likeness (QED) is 0.595. The number of hydrogen-bond donors (Lipinski definition) is 4. The normalized spacial score (nSPS) is 9.88. The molecule has 2 aromatic rings. The summed E-state index contributed by atoms with van der Waals surface area (Å²) < 4.78 is 0. The summed E-state index contributed by atoms with van der Waals surface area (Å²) in [5, 5.41) is 17.4. The van der Waals surface area contributed by atoms with Crippen molar-refractivity contribution in [3.8, 4) is 11.1 Å². The molecule has 16 heavy (non-hydrogen) atoms. The first-order valence-electron chi connectivity index (χ1n) is 4.84. The average Bonchev–Trinajstić information content (AvgIpc) is 2.39. The van der Waals surface area contributed by atoms with Crippen LogP contribution in [-0.2, 0) is 0 Å². The highest BCUT2D eigenvalue weighted by atomic mass is 16.5. The summed E-state index contributed by atoms with van der Waals surface area (Å²) in [7, 11) is 0. The van der Waals surface area contributed by atoms with Crippen molar-refractivity contribution in [2.75, 3.05) is 11.0 Å². The van der Waals surface area contributed by atoms with Crippen LogP contribution in [0.25, 0.3) is 11.1 Å². The molecule has 0 spiro atoms. The molecule has 0 radical (unpaired) electrons. The van der Waals surface area contributed by atoms with Crippen molar-refractivity contribution >= 4 is 11.4 Å². The molecule has 0 fully saturated rings. The van der Waals surface area contributed by atoms with E-state index in [1.165, 1.54) is 0 Å². The summed E-state index contributed by atoms with van der Waals surface area (Å²) >= 11 is 0. The van der Waals surface area contributed by atoms with Crippen LogP contribution in [0.4, 0.5) is 11.4 Å². The zero-order chi connectivity index (χ0) is 11.4. The van der Waals surface area contributed by atoms with Gasteiger partial charge in [-0.25, -0.2) is 0 Å². The van der Waals surface area contributed by atoms with Gasteiger partial charge in [0.05, 0.1) is 11.4 Å². The summed E-state index contributed by atoms with van der Waals surface area (Å²) in [4.78, 5) is 0. The number of hydrogen-bond acceptors (Lipinski definition) is 4. The zero-order valence-electron chi connectivity index (χ0n) is 8.51. The molecule has 2 aromatic carbocycles. The minimum Gasteiger partial charge on any atom is -0.291 e. The van der Waals surface area contributed by atoms with E-state index < -0.39 is 0 Å². The first kappa shape index (κ1) is 10.5. The Hall–Kier alpha value is -2.04. The van der Waals surface area contributed by atoms with Gasteiger partial charge in [-0.2, -0.15) is 0 Å². The fourth-order valence-electron chi connectivity index (χ4n) is 1.47. The standard InChI is InChI=1S/C12H12N2O2/c15-13-11-5-1-9(2-6-11)10-3-7-12(14-16)8-4-10/h1-8,13-16H. The predicted molar refractivity (Wildman–Crippen MR) is 62.7 cm³/mol. The Morgan fingerprint density at radius 3 is 1.12 bits per heavy atom. The maximum Gasteiger partial charge on any atom is 0.0602 e. The molecule has 0 bridgehead atoms. The smallest absolute Gasteiger partial charge is 0.0602 e. The van der Waals surface area contributed by atoms with Gasteiger partial charge < -0.3 is 0 Å². The molecule has 4 heteroatoms. The second-order valence-corrected chi connectivity index (χ2v) is 3.38. The Morgan fingerprint density at radius 2 is 0.875 bits per heavy atom. The summed E-state index contributed by atoms with van der Waals surface area (Å²) in [6, 6.07) is 14.8. The molecule has 0 saturated heterocycles. The monoisotopic (exact) mass is 216 g/mol. The van der Waals surface area contributed by atoms with Crippen LogP contribution in [0.5, 0.6) is 0 Å². The number of rotatable bonds is 3. The van der Waals surface area contributed by atoms with E-state index in [-0.39, 0.29) is 0 Å². The Labute approximate surface area is 93.1 Å². The first-order chi connectivity index (χ1) is 7.83. The van der Waals surface area contributed by atoms with Crippen molar-refractivity contribution in [2.24, 2.45) is 0 Å². The lowest BCUT2D eigenvalue weighted by Crippen LogP contribution is -1.89. The van der Waals surface area contributed by atoms with Crippen molar-refractivity contribution in [1.29, 1.82) is 0 Å². The number of benzene rings is 2. The van der Waals surface area contributed by atoms with Gasteiger partial charge in [0.1, 0.15) is 0 Å². The third-order valence-corrected chi connectivity index (χ3v) is 2.36. The van der Waals surface area contributed by atoms with E-state index in [1.54, 1.807) is 24.3 Å². The Kier molecular flexibility index (Phi) is 3.05. The lowest BCUT2D eigenvalue weighted by Gasteiger charge is -2.04. The SMILES string of the molecule is ONc1ccc(-c2ccc(NO)cc2)cc1. The van der Waals surface area contributed by atoms with Crippen LogP contribution in [0, 0.1) is 0 Å². The molecule has 4 nitrogen and oxygen atoms in total. The van der Waals surface area contributed by atoms with Gasteiger partial charge in [-0.05, 0) is 35.4 Å². The lowest BCUT2D eigenvalue weighted by atomic mass is 10.1. The number of anilines is 2.